The minimum atomic E-state index is -3.34. The molecule has 1 aromatic heterocycles. The standard InChI is InChI=1S/C14H22N2O2S3/c17-21(18,13-4-3-9-20-13)15-12-14(5-1-2-6-14)16-7-10-19-11-8-16/h3-4,9,15H,1-2,5-8,10-12H2. The Hall–Kier alpha value is -0.0800. The van der Waals surface area contributed by atoms with Crippen LogP contribution in [0.15, 0.2) is 21.7 Å². The van der Waals surface area contributed by atoms with Crippen molar-refractivity contribution < 1.29 is 8.42 Å². The Labute approximate surface area is 135 Å². The highest BCUT2D eigenvalue weighted by molar-refractivity contribution is 7.99. The van der Waals surface area contributed by atoms with Crippen molar-refractivity contribution in [1.29, 1.82) is 0 Å². The molecule has 118 valence electrons. The number of hydrogen-bond donors (Lipinski definition) is 1. The van der Waals surface area contributed by atoms with E-state index in [-0.39, 0.29) is 5.54 Å². The fourth-order valence-electron chi connectivity index (χ4n) is 3.39. The van der Waals surface area contributed by atoms with Gasteiger partial charge in [-0.3, -0.25) is 4.90 Å². The zero-order valence-corrected chi connectivity index (χ0v) is 14.5. The molecule has 0 spiro atoms. The summed E-state index contributed by atoms with van der Waals surface area (Å²) in [7, 11) is -3.34. The average Bonchev–Trinajstić information content (AvgIpc) is 3.19. The summed E-state index contributed by atoms with van der Waals surface area (Å²) in [6, 6.07) is 3.46. The molecule has 0 bridgehead atoms. The van der Waals surface area contributed by atoms with Crippen molar-refractivity contribution in [1.82, 2.24) is 9.62 Å². The molecule has 21 heavy (non-hydrogen) atoms. The van der Waals surface area contributed by atoms with Crippen LogP contribution in [-0.4, -0.2) is 50.0 Å². The molecule has 0 amide bonds. The molecule has 2 aliphatic rings. The van der Waals surface area contributed by atoms with Gasteiger partial charge in [0.15, 0.2) is 0 Å². The predicted octanol–water partition coefficient (Wildman–Crippen LogP) is 2.39. The minimum absolute atomic E-state index is 0.0469. The Balaban J connectivity index is 1.71. The molecule has 0 atom stereocenters. The number of rotatable bonds is 5. The van der Waals surface area contributed by atoms with Crippen LogP contribution in [0.25, 0.3) is 0 Å². The van der Waals surface area contributed by atoms with E-state index < -0.39 is 10.0 Å². The summed E-state index contributed by atoms with van der Waals surface area (Å²) >= 11 is 3.28. The van der Waals surface area contributed by atoms with Crippen molar-refractivity contribution in [3.05, 3.63) is 17.5 Å². The molecule has 2 fully saturated rings. The number of thiophene rings is 1. The van der Waals surface area contributed by atoms with E-state index in [1.807, 2.05) is 17.1 Å². The van der Waals surface area contributed by atoms with Gasteiger partial charge in [0.25, 0.3) is 0 Å². The summed E-state index contributed by atoms with van der Waals surface area (Å²) in [4.78, 5) is 2.54. The largest absolute Gasteiger partial charge is 0.295 e. The third-order valence-electron chi connectivity index (χ3n) is 4.57. The van der Waals surface area contributed by atoms with Gasteiger partial charge in [-0.15, -0.1) is 11.3 Å². The van der Waals surface area contributed by atoms with E-state index in [1.54, 1.807) is 12.1 Å². The van der Waals surface area contributed by atoms with Crippen molar-refractivity contribution in [2.24, 2.45) is 0 Å². The molecule has 2 heterocycles. The van der Waals surface area contributed by atoms with Crippen LogP contribution in [0.1, 0.15) is 25.7 Å². The van der Waals surface area contributed by atoms with Gasteiger partial charge in [-0.05, 0) is 24.3 Å². The van der Waals surface area contributed by atoms with Gasteiger partial charge in [0, 0.05) is 36.7 Å². The quantitative estimate of drug-likeness (QED) is 0.889. The third-order valence-corrected chi connectivity index (χ3v) is 8.31. The van der Waals surface area contributed by atoms with Gasteiger partial charge < -0.3 is 0 Å². The Kier molecular flexibility index (Phi) is 4.95. The van der Waals surface area contributed by atoms with E-state index in [1.165, 1.54) is 35.7 Å². The Morgan fingerprint density at radius 2 is 1.95 bits per heavy atom. The SMILES string of the molecule is O=S(=O)(NCC1(N2CCSCC2)CCCC1)c1cccs1. The molecular formula is C14H22N2O2S3. The molecular weight excluding hydrogens is 324 g/mol. The number of thioether (sulfide) groups is 1. The lowest BCUT2D eigenvalue weighted by Crippen LogP contribution is -2.56. The van der Waals surface area contributed by atoms with Gasteiger partial charge in [0.05, 0.1) is 0 Å². The molecule has 1 saturated heterocycles. The maximum atomic E-state index is 12.4. The van der Waals surface area contributed by atoms with Crippen molar-refractivity contribution in [3.63, 3.8) is 0 Å². The van der Waals surface area contributed by atoms with Crippen LogP contribution in [0.2, 0.25) is 0 Å². The van der Waals surface area contributed by atoms with Crippen LogP contribution in [0.4, 0.5) is 0 Å². The second-order valence-corrected chi connectivity index (χ2v) is 9.95. The first-order valence-corrected chi connectivity index (χ1v) is 11.0. The molecule has 1 aliphatic carbocycles. The molecule has 0 aromatic carbocycles. The van der Waals surface area contributed by atoms with Gasteiger partial charge in [0.1, 0.15) is 4.21 Å². The van der Waals surface area contributed by atoms with Gasteiger partial charge in [-0.1, -0.05) is 18.9 Å². The average molecular weight is 347 g/mol. The first kappa shape index (κ1) is 15.8. The lowest BCUT2D eigenvalue weighted by atomic mass is 9.95. The molecule has 0 radical (unpaired) electrons. The Morgan fingerprint density at radius 1 is 1.24 bits per heavy atom. The molecule has 3 rings (SSSR count). The molecule has 4 nitrogen and oxygen atoms in total. The second kappa shape index (κ2) is 6.58. The summed E-state index contributed by atoms with van der Waals surface area (Å²) < 4.78 is 28.0. The highest BCUT2D eigenvalue weighted by Crippen LogP contribution is 2.36. The zero-order chi connectivity index (χ0) is 14.8. The second-order valence-electron chi connectivity index (χ2n) is 5.79. The lowest BCUT2D eigenvalue weighted by Gasteiger charge is -2.43. The zero-order valence-electron chi connectivity index (χ0n) is 12.1. The van der Waals surface area contributed by atoms with E-state index in [0.29, 0.717) is 10.8 Å². The predicted molar refractivity (Wildman–Crippen MR) is 89.6 cm³/mol. The summed E-state index contributed by atoms with van der Waals surface area (Å²) in [5.74, 6) is 2.33. The number of hydrogen-bond acceptors (Lipinski definition) is 5. The van der Waals surface area contributed by atoms with Gasteiger partial charge in [-0.25, -0.2) is 13.1 Å². The van der Waals surface area contributed by atoms with Gasteiger partial charge in [-0.2, -0.15) is 11.8 Å². The summed E-state index contributed by atoms with van der Waals surface area (Å²) in [6.07, 6.45) is 4.66. The fraction of sp³-hybridized carbons (Fsp3) is 0.714. The van der Waals surface area contributed by atoms with E-state index in [2.05, 4.69) is 9.62 Å². The summed E-state index contributed by atoms with van der Waals surface area (Å²) in [5, 5.41) is 1.81. The van der Waals surface area contributed by atoms with E-state index in [4.69, 9.17) is 0 Å². The van der Waals surface area contributed by atoms with E-state index >= 15 is 0 Å². The lowest BCUT2D eigenvalue weighted by molar-refractivity contribution is 0.108. The monoisotopic (exact) mass is 346 g/mol. The van der Waals surface area contributed by atoms with Crippen molar-refractivity contribution >= 4 is 33.1 Å². The number of nitrogens with zero attached hydrogens (tertiary/aromatic N) is 1. The van der Waals surface area contributed by atoms with Crippen LogP contribution in [0.3, 0.4) is 0 Å². The van der Waals surface area contributed by atoms with Crippen LogP contribution >= 0.6 is 23.1 Å². The number of nitrogens with one attached hydrogen (secondary N) is 1. The molecule has 0 unspecified atom stereocenters. The minimum Gasteiger partial charge on any atom is -0.295 e. The molecule has 1 N–H and O–H groups in total. The normalized spacial score (nSPS) is 23.4. The van der Waals surface area contributed by atoms with E-state index in [9.17, 15) is 8.42 Å². The maximum absolute atomic E-state index is 12.4. The van der Waals surface area contributed by atoms with Crippen molar-refractivity contribution in [2.45, 2.75) is 35.4 Å². The molecule has 1 aliphatic heterocycles. The van der Waals surface area contributed by atoms with Crippen molar-refractivity contribution in [2.75, 3.05) is 31.1 Å². The highest BCUT2D eigenvalue weighted by atomic mass is 32.2. The first-order valence-electron chi connectivity index (χ1n) is 7.48. The van der Waals surface area contributed by atoms with Crippen molar-refractivity contribution in [3.8, 4) is 0 Å². The Morgan fingerprint density at radius 3 is 2.57 bits per heavy atom. The van der Waals surface area contributed by atoms with Crippen LogP contribution in [0.5, 0.6) is 0 Å². The maximum Gasteiger partial charge on any atom is 0.250 e. The first-order chi connectivity index (χ1) is 10.1. The summed E-state index contributed by atoms with van der Waals surface area (Å²) in [6.45, 7) is 2.73. The topological polar surface area (TPSA) is 49.4 Å². The van der Waals surface area contributed by atoms with Crippen LogP contribution in [0, 0.1) is 0 Å². The summed E-state index contributed by atoms with van der Waals surface area (Å²) in [5.41, 5.74) is 0.0469. The Bertz CT molecular complexity index is 545. The molecule has 1 saturated carbocycles. The fourth-order valence-corrected chi connectivity index (χ4v) is 6.45. The van der Waals surface area contributed by atoms with Crippen LogP contribution < -0.4 is 4.72 Å². The van der Waals surface area contributed by atoms with Gasteiger partial charge >= 0.3 is 0 Å². The smallest absolute Gasteiger partial charge is 0.250 e. The van der Waals surface area contributed by atoms with E-state index in [0.717, 1.165) is 25.9 Å². The highest BCUT2D eigenvalue weighted by Gasteiger charge is 2.40. The third kappa shape index (κ3) is 3.47. The molecule has 7 heteroatoms. The molecule has 1 aromatic rings. The van der Waals surface area contributed by atoms with Crippen LogP contribution in [-0.2, 0) is 10.0 Å². The number of sulfonamides is 1. The van der Waals surface area contributed by atoms with Gasteiger partial charge in [0.2, 0.25) is 10.0 Å².